The molecule has 0 aromatic carbocycles. The minimum Gasteiger partial charge on any atom is -0.317 e. The van der Waals surface area contributed by atoms with Crippen molar-refractivity contribution < 1.29 is 5.21 Å². The van der Waals surface area contributed by atoms with Crippen LogP contribution in [0.15, 0.2) is 0 Å². The van der Waals surface area contributed by atoms with E-state index in [2.05, 4.69) is 10.8 Å². The van der Waals surface area contributed by atoms with Crippen LogP contribution in [0.5, 0.6) is 0 Å². The SMILES string of the molecule is ONCCC1CCNCC1. The van der Waals surface area contributed by atoms with Gasteiger partial charge in [-0.3, -0.25) is 0 Å². The highest BCUT2D eigenvalue weighted by molar-refractivity contribution is 4.68. The summed E-state index contributed by atoms with van der Waals surface area (Å²) in [7, 11) is 0. The Balaban J connectivity index is 2.02. The molecular formula is C7H16N2O. The molecule has 3 heteroatoms. The summed E-state index contributed by atoms with van der Waals surface area (Å²) in [4.78, 5) is 0. The fourth-order valence-electron chi connectivity index (χ4n) is 1.44. The third kappa shape index (κ3) is 2.64. The molecule has 1 saturated heterocycles. The molecule has 0 bridgehead atoms. The average Bonchev–Trinajstić information content (AvgIpc) is 2.03. The van der Waals surface area contributed by atoms with Crippen LogP contribution < -0.4 is 10.8 Å². The molecule has 0 aromatic rings. The predicted octanol–water partition coefficient (Wildman–Crippen LogP) is 0.355. The van der Waals surface area contributed by atoms with E-state index in [1.54, 1.807) is 0 Å². The zero-order valence-corrected chi connectivity index (χ0v) is 6.27. The van der Waals surface area contributed by atoms with Gasteiger partial charge < -0.3 is 10.5 Å². The van der Waals surface area contributed by atoms with Crippen LogP contribution in [0.3, 0.4) is 0 Å². The number of hydrogen-bond acceptors (Lipinski definition) is 3. The smallest absolute Gasteiger partial charge is 0.0210 e. The molecule has 3 nitrogen and oxygen atoms in total. The van der Waals surface area contributed by atoms with Crippen LogP contribution in [0, 0.1) is 5.92 Å². The minimum absolute atomic E-state index is 0.741. The highest BCUT2D eigenvalue weighted by atomic mass is 16.5. The lowest BCUT2D eigenvalue weighted by Crippen LogP contribution is -2.29. The lowest BCUT2D eigenvalue weighted by Gasteiger charge is -2.21. The third-order valence-electron chi connectivity index (χ3n) is 2.12. The van der Waals surface area contributed by atoms with Crippen LogP contribution >= 0.6 is 0 Å². The van der Waals surface area contributed by atoms with E-state index < -0.39 is 0 Å². The monoisotopic (exact) mass is 144 g/mol. The Morgan fingerprint density at radius 2 is 2.10 bits per heavy atom. The molecule has 0 radical (unpaired) electrons. The highest BCUT2D eigenvalue weighted by Gasteiger charge is 2.11. The molecule has 0 atom stereocenters. The van der Waals surface area contributed by atoms with Gasteiger partial charge in [0.2, 0.25) is 0 Å². The summed E-state index contributed by atoms with van der Waals surface area (Å²) in [5, 5.41) is 11.6. The Kier molecular flexibility index (Phi) is 3.72. The molecule has 0 spiro atoms. The van der Waals surface area contributed by atoms with Gasteiger partial charge in [-0.05, 0) is 38.3 Å². The second kappa shape index (κ2) is 4.66. The van der Waals surface area contributed by atoms with Crippen LogP contribution in [0.4, 0.5) is 0 Å². The van der Waals surface area contributed by atoms with Gasteiger partial charge >= 0.3 is 0 Å². The van der Waals surface area contributed by atoms with Crippen LogP contribution in [0.1, 0.15) is 19.3 Å². The van der Waals surface area contributed by atoms with Crippen LogP contribution in [0.2, 0.25) is 0 Å². The van der Waals surface area contributed by atoms with Crippen molar-refractivity contribution >= 4 is 0 Å². The molecule has 1 heterocycles. The van der Waals surface area contributed by atoms with Gasteiger partial charge in [-0.25, -0.2) is 5.48 Å². The average molecular weight is 144 g/mol. The van der Waals surface area contributed by atoms with Gasteiger partial charge in [0.15, 0.2) is 0 Å². The molecule has 1 fully saturated rings. The zero-order valence-electron chi connectivity index (χ0n) is 6.27. The van der Waals surface area contributed by atoms with Gasteiger partial charge in [0.25, 0.3) is 0 Å². The minimum atomic E-state index is 0.741. The number of hydroxylamine groups is 1. The first-order valence-electron chi connectivity index (χ1n) is 4.01. The summed E-state index contributed by atoms with van der Waals surface area (Å²) in [5.41, 5.74) is 2.19. The summed E-state index contributed by atoms with van der Waals surface area (Å²) in [6.45, 7) is 3.04. The summed E-state index contributed by atoms with van der Waals surface area (Å²) >= 11 is 0. The Morgan fingerprint density at radius 3 is 2.70 bits per heavy atom. The Labute approximate surface area is 61.8 Å². The molecule has 1 aliphatic rings. The zero-order chi connectivity index (χ0) is 7.23. The fourth-order valence-corrected chi connectivity index (χ4v) is 1.44. The van der Waals surface area contributed by atoms with E-state index in [4.69, 9.17) is 5.21 Å². The maximum atomic E-state index is 8.33. The Bertz CT molecular complexity index is 81.7. The van der Waals surface area contributed by atoms with E-state index in [1.807, 2.05) is 0 Å². The molecule has 0 amide bonds. The summed E-state index contributed by atoms with van der Waals surface area (Å²) < 4.78 is 0. The van der Waals surface area contributed by atoms with Crippen LogP contribution in [0.25, 0.3) is 0 Å². The van der Waals surface area contributed by atoms with Gasteiger partial charge in [0.05, 0.1) is 0 Å². The van der Waals surface area contributed by atoms with Crippen molar-refractivity contribution in [2.24, 2.45) is 5.92 Å². The van der Waals surface area contributed by atoms with Gasteiger partial charge in [-0.15, -0.1) is 0 Å². The van der Waals surface area contributed by atoms with E-state index in [-0.39, 0.29) is 0 Å². The first kappa shape index (κ1) is 7.98. The molecular weight excluding hydrogens is 128 g/mol. The standard InChI is InChI=1S/C7H16N2O/c10-9-6-3-7-1-4-8-5-2-7/h7-10H,1-6H2. The van der Waals surface area contributed by atoms with Gasteiger partial charge in [0.1, 0.15) is 0 Å². The molecule has 0 unspecified atom stereocenters. The molecule has 60 valence electrons. The summed E-state index contributed by atoms with van der Waals surface area (Å²) in [6.07, 6.45) is 3.64. The van der Waals surface area contributed by atoms with Gasteiger partial charge in [0, 0.05) is 6.54 Å². The van der Waals surface area contributed by atoms with Gasteiger partial charge in [-0.2, -0.15) is 0 Å². The van der Waals surface area contributed by atoms with Gasteiger partial charge in [-0.1, -0.05) is 0 Å². The molecule has 0 aromatic heterocycles. The molecule has 1 rings (SSSR count). The van der Waals surface area contributed by atoms with E-state index >= 15 is 0 Å². The first-order valence-corrected chi connectivity index (χ1v) is 4.01. The maximum Gasteiger partial charge on any atom is 0.0210 e. The van der Waals surface area contributed by atoms with Crippen LogP contribution in [-0.4, -0.2) is 24.8 Å². The predicted molar refractivity (Wildman–Crippen MR) is 40.0 cm³/mol. The topological polar surface area (TPSA) is 44.3 Å². The van der Waals surface area contributed by atoms with E-state index in [1.165, 1.54) is 12.8 Å². The quantitative estimate of drug-likeness (QED) is 0.501. The molecule has 3 N–H and O–H groups in total. The summed E-state index contributed by atoms with van der Waals surface area (Å²) in [6, 6.07) is 0. The Morgan fingerprint density at radius 1 is 1.40 bits per heavy atom. The van der Waals surface area contributed by atoms with Crippen molar-refractivity contribution in [3.63, 3.8) is 0 Å². The summed E-state index contributed by atoms with van der Waals surface area (Å²) in [5.74, 6) is 0.820. The van der Waals surface area contributed by atoms with Crippen molar-refractivity contribution in [2.75, 3.05) is 19.6 Å². The lowest BCUT2D eigenvalue weighted by atomic mass is 9.95. The molecule has 10 heavy (non-hydrogen) atoms. The molecule has 0 saturated carbocycles. The molecule has 0 aliphatic carbocycles. The van der Waals surface area contributed by atoms with E-state index in [9.17, 15) is 0 Å². The number of hydrogen-bond donors (Lipinski definition) is 3. The largest absolute Gasteiger partial charge is 0.317 e. The first-order chi connectivity index (χ1) is 4.93. The highest BCUT2D eigenvalue weighted by Crippen LogP contribution is 2.14. The number of rotatable bonds is 3. The number of nitrogens with one attached hydrogen (secondary N) is 2. The second-order valence-corrected chi connectivity index (χ2v) is 2.89. The van der Waals surface area contributed by atoms with Crippen molar-refractivity contribution in [3.8, 4) is 0 Å². The van der Waals surface area contributed by atoms with Crippen LogP contribution in [-0.2, 0) is 0 Å². The fraction of sp³-hybridized carbons (Fsp3) is 1.00. The van der Waals surface area contributed by atoms with Crippen molar-refractivity contribution in [2.45, 2.75) is 19.3 Å². The van der Waals surface area contributed by atoms with Crippen molar-refractivity contribution in [1.29, 1.82) is 0 Å². The normalized spacial score (nSPS) is 21.3. The van der Waals surface area contributed by atoms with Crippen molar-refractivity contribution in [1.82, 2.24) is 10.8 Å². The maximum absolute atomic E-state index is 8.33. The second-order valence-electron chi connectivity index (χ2n) is 2.89. The lowest BCUT2D eigenvalue weighted by molar-refractivity contribution is 0.155. The number of piperidine rings is 1. The third-order valence-corrected chi connectivity index (χ3v) is 2.12. The van der Waals surface area contributed by atoms with Crippen molar-refractivity contribution in [3.05, 3.63) is 0 Å². The Hall–Kier alpha value is -0.120. The molecule has 1 aliphatic heterocycles. The van der Waals surface area contributed by atoms with E-state index in [0.29, 0.717) is 0 Å². The van der Waals surface area contributed by atoms with E-state index in [0.717, 1.165) is 32.0 Å².